The molecular weight excluding hydrogens is 264 g/mol. The topological polar surface area (TPSA) is 45.3 Å². The summed E-state index contributed by atoms with van der Waals surface area (Å²) in [4.78, 5) is 17.8. The van der Waals surface area contributed by atoms with E-state index in [1.165, 1.54) is 12.1 Å². The van der Waals surface area contributed by atoms with Gasteiger partial charge in [0.05, 0.1) is 9.68 Å². The van der Waals surface area contributed by atoms with Gasteiger partial charge in [0.25, 0.3) is 0 Å². The van der Waals surface area contributed by atoms with E-state index in [4.69, 9.17) is 8.85 Å². The summed E-state index contributed by atoms with van der Waals surface area (Å²) < 4.78 is 29.4. The fourth-order valence-electron chi connectivity index (χ4n) is 3.71. The van der Waals surface area contributed by atoms with Gasteiger partial charge in [-0.05, 0) is 26.0 Å². The Balaban J connectivity index is 1.61. The van der Waals surface area contributed by atoms with Crippen molar-refractivity contribution in [2.75, 3.05) is 7.05 Å². The lowest BCUT2D eigenvalue weighted by atomic mass is 10.0. The van der Waals surface area contributed by atoms with Crippen molar-refractivity contribution in [3.63, 3.8) is 0 Å². The summed E-state index contributed by atoms with van der Waals surface area (Å²) in [7, 11) is 2.13. The molecule has 4 heteroatoms. The van der Waals surface area contributed by atoms with Gasteiger partial charge in [0.15, 0.2) is 0 Å². The van der Waals surface area contributed by atoms with Crippen molar-refractivity contribution in [3.05, 3.63) is 36.0 Å². The molecule has 3 heterocycles. The average molecular weight is 287 g/mol. The molecular formula is C17H20N2O2. The Labute approximate surface area is 128 Å². The molecule has 0 radical (unpaired) electrons. The van der Waals surface area contributed by atoms with E-state index in [0.29, 0.717) is 23.0 Å². The van der Waals surface area contributed by atoms with Gasteiger partial charge in [-0.2, -0.15) is 0 Å². The molecule has 110 valence electrons. The van der Waals surface area contributed by atoms with Crippen LogP contribution in [0.3, 0.4) is 0 Å². The van der Waals surface area contributed by atoms with E-state index in [-0.39, 0.29) is 29.9 Å². The van der Waals surface area contributed by atoms with Crippen LogP contribution < -0.4 is 0 Å². The van der Waals surface area contributed by atoms with Crippen molar-refractivity contribution in [3.8, 4) is 0 Å². The van der Waals surface area contributed by atoms with Crippen molar-refractivity contribution < 1.29 is 13.6 Å². The number of nitrogens with zero attached hydrogens (tertiary/aromatic N) is 1. The Hall–Kier alpha value is -1.81. The molecule has 2 atom stereocenters. The van der Waals surface area contributed by atoms with E-state index in [2.05, 4.69) is 16.9 Å². The SMILES string of the molecule is [2H]c1cc([2H])c2c(C(=O)OC3CC4CCC(C3)N4C)c([2H])[nH]c2c1. The molecule has 0 spiro atoms. The van der Waals surface area contributed by atoms with E-state index >= 15 is 0 Å². The number of nitrogens with one attached hydrogen (secondary N) is 1. The van der Waals surface area contributed by atoms with Gasteiger partial charge < -0.3 is 14.6 Å². The van der Waals surface area contributed by atoms with Crippen LogP contribution in [0.15, 0.2) is 30.4 Å². The molecule has 0 saturated carbocycles. The molecule has 2 aliphatic heterocycles. The first-order valence-corrected chi connectivity index (χ1v) is 7.46. The van der Waals surface area contributed by atoms with Crippen molar-refractivity contribution >= 4 is 16.9 Å². The molecule has 4 rings (SSSR count). The summed E-state index contributed by atoms with van der Waals surface area (Å²) in [6.07, 6.45) is 3.78. The Kier molecular flexibility index (Phi) is 2.33. The number of aromatic amines is 1. The van der Waals surface area contributed by atoms with Gasteiger partial charge in [0.2, 0.25) is 0 Å². The molecule has 2 fully saturated rings. The lowest BCUT2D eigenvalue weighted by molar-refractivity contribution is -0.000258. The number of piperidine rings is 1. The molecule has 2 aliphatic rings. The van der Waals surface area contributed by atoms with Crippen LogP contribution in [0.1, 0.15) is 40.2 Å². The van der Waals surface area contributed by atoms with Crippen LogP contribution in [0.4, 0.5) is 0 Å². The number of hydrogen-bond acceptors (Lipinski definition) is 3. The molecule has 2 bridgehead atoms. The number of hydrogen-bond donors (Lipinski definition) is 1. The van der Waals surface area contributed by atoms with Crippen molar-refractivity contribution in [1.29, 1.82) is 0 Å². The number of H-pyrrole nitrogens is 1. The molecule has 2 aromatic rings. The number of carbonyl (C=O) groups is 1. The Morgan fingerprint density at radius 2 is 2.19 bits per heavy atom. The largest absolute Gasteiger partial charge is 0.459 e. The van der Waals surface area contributed by atoms with Gasteiger partial charge >= 0.3 is 5.97 Å². The summed E-state index contributed by atoms with van der Waals surface area (Å²) in [5.41, 5.74) is 0.578. The van der Waals surface area contributed by atoms with Gasteiger partial charge in [-0.15, -0.1) is 0 Å². The molecule has 1 aromatic heterocycles. The summed E-state index contributed by atoms with van der Waals surface area (Å²) >= 11 is 0. The Morgan fingerprint density at radius 1 is 1.43 bits per heavy atom. The van der Waals surface area contributed by atoms with Gasteiger partial charge in [0.1, 0.15) is 6.10 Å². The summed E-state index contributed by atoms with van der Waals surface area (Å²) in [5, 5.41) is 0.372. The highest BCUT2D eigenvalue weighted by atomic mass is 16.5. The second kappa shape index (κ2) is 4.88. The number of benzene rings is 1. The normalized spacial score (nSPS) is 30.9. The molecule has 0 aliphatic carbocycles. The third-order valence-electron chi connectivity index (χ3n) is 4.90. The Morgan fingerprint density at radius 3 is 2.95 bits per heavy atom. The highest BCUT2D eigenvalue weighted by molar-refractivity contribution is 6.04. The standard InChI is InChI=1S/C17H20N2O2/c1-19-11-6-7-12(19)9-13(8-11)21-17(20)15-10-18-16-5-3-2-4-14(15)16/h2-5,10-13,18H,6-9H2,1H3/i3D,4D,10D. The van der Waals surface area contributed by atoms with Gasteiger partial charge in [-0.25, -0.2) is 4.79 Å². The molecule has 1 aromatic carbocycles. The minimum Gasteiger partial charge on any atom is -0.459 e. The van der Waals surface area contributed by atoms with E-state index in [1.807, 2.05) is 0 Å². The van der Waals surface area contributed by atoms with Crippen LogP contribution in [0.5, 0.6) is 0 Å². The second-order valence-electron chi connectivity index (χ2n) is 6.06. The number of esters is 1. The molecule has 1 N–H and O–H groups in total. The van der Waals surface area contributed by atoms with Crippen molar-refractivity contribution in [1.82, 2.24) is 9.88 Å². The number of fused-ring (bicyclic) bond motifs is 3. The first kappa shape index (κ1) is 10.0. The third-order valence-corrected chi connectivity index (χ3v) is 4.90. The van der Waals surface area contributed by atoms with Gasteiger partial charge in [-0.1, -0.05) is 18.2 Å². The van der Waals surface area contributed by atoms with E-state index in [0.717, 1.165) is 25.7 Å². The predicted octanol–water partition coefficient (Wildman–Crippen LogP) is 2.95. The quantitative estimate of drug-likeness (QED) is 0.864. The summed E-state index contributed by atoms with van der Waals surface area (Å²) in [5.74, 6) is -0.536. The zero-order valence-electron chi connectivity index (χ0n) is 15.0. The molecule has 4 nitrogen and oxygen atoms in total. The second-order valence-corrected chi connectivity index (χ2v) is 6.06. The predicted molar refractivity (Wildman–Crippen MR) is 81.3 cm³/mol. The lowest BCUT2D eigenvalue weighted by Gasteiger charge is -2.35. The van der Waals surface area contributed by atoms with Gasteiger partial charge in [0, 0.05) is 42.0 Å². The average Bonchev–Trinajstić information content (AvgIpc) is 2.91. The highest BCUT2D eigenvalue weighted by Gasteiger charge is 2.40. The van der Waals surface area contributed by atoms with Crippen LogP contribution >= 0.6 is 0 Å². The first-order valence-electron chi connectivity index (χ1n) is 8.96. The van der Waals surface area contributed by atoms with Crippen LogP contribution in [0.2, 0.25) is 0 Å². The van der Waals surface area contributed by atoms with Crippen LogP contribution in [0.25, 0.3) is 10.9 Å². The molecule has 2 saturated heterocycles. The van der Waals surface area contributed by atoms with E-state index < -0.39 is 5.97 Å². The monoisotopic (exact) mass is 287 g/mol. The smallest absolute Gasteiger partial charge is 0.340 e. The molecule has 2 unspecified atom stereocenters. The first-order chi connectivity index (χ1) is 11.4. The fourth-order valence-corrected chi connectivity index (χ4v) is 3.71. The molecule has 21 heavy (non-hydrogen) atoms. The zero-order chi connectivity index (χ0) is 17.0. The number of para-hydroxylation sites is 1. The maximum atomic E-state index is 12.7. The zero-order valence-corrected chi connectivity index (χ0v) is 12.0. The van der Waals surface area contributed by atoms with Crippen LogP contribution in [0, 0.1) is 0 Å². The number of carbonyl (C=O) groups excluding carboxylic acids is 1. The highest BCUT2D eigenvalue weighted by Crippen LogP contribution is 2.35. The molecule has 0 amide bonds. The van der Waals surface area contributed by atoms with E-state index in [9.17, 15) is 4.79 Å². The third kappa shape index (κ3) is 2.14. The maximum absolute atomic E-state index is 12.7. The fraction of sp³-hybridized carbons (Fsp3) is 0.471. The lowest BCUT2D eigenvalue weighted by Crippen LogP contribution is -2.43. The summed E-state index contributed by atoms with van der Waals surface area (Å²) in [6.45, 7) is 0. The Bertz CT molecular complexity index is 806. The summed E-state index contributed by atoms with van der Waals surface area (Å²) in [6, 6.07) is 4.10. The van der Waals surface area contributed by atoms with Crippen molar-refractivity contribution in [2.45, 2.75) is 43.9 Å². The maximum Gasteiger partial charge on any atom is 0.340 e. The van der Waals surface area contributed by atoms with Crippen LogP contribution in [-0.2, 0) is 4.74 Å². The number of rotatable bonds is 2. The van der Waals surface area contributed by atoms with E-state index in [1.54, 1.807) is 0 Å². The van der Waals surface area contributed by atoms with Crippen LogP contribution in [-0.4, -0.2) is 41.1 Å². The number of ether oxygens (including phenoxy) is 1. The van der Waals surface area contributed by atoms with Gasteiger partial charge in [-0.3, -0.25) is 0 Å². The number of aromatic nitrogens is 1. The minimum atomic E-state index is -0.536. The van der Waals surface area contributed by atoms with Crippen molar-refractivity contribution in [2.24, 2.45) is 0 Å². The minimum absolute atomic E-state index is 0.0509.